The molecule has 1 aromatic heterocycles. The normalized spacial score (nSPS) is 23.8. The third-order valence-corrected chi connectivity index (χ3v) is 4.78. The lowest BCUT2D eigenvalue weighted by Crippen LogP contribution is -2.47. The van der Waals surface area contributed by atoms with Crippen LogP contribution in [0.25, 0.3) is 0 Å². The molecule has 2 heterocycles. The van der Waals surface area contributed by atoms with Crippen LogP contribution in [-0.4, -0.2) is 53.9 Å². The molecule has 0 bridgehead atoms. The van der Waals surface area contributed by atoms with Crippen LogP contribution in [0.5, 0.6) is 0 Å². The van der Waals surface area contributed by atoms with Crippen LogP contribution in [0, 0.1) is 5.92 Å². The number of nitrogens with zero attached hydrogens (tertiary/aromatic N) is 3. The first kappa shape index (κ1) is 15.4. The summed E-state index contributed by atoms with van der Waals surface area (Å²) in [4.78, 5) is 20.2. The predicted molar refractivity (Wildman–Crippen MR) is 81.5 cm³/mol. The van der Waals surface area contributed by atoms with E-state index in [1.807, 2.05) is 0 Å². The Hall–Kier alpha value is -0.980. The number of rotatable bonds is 4. The van der Waals surface area contributed by atoms with Gasteiger partial charge in [-0.1, -0.05) is 6.92 Å². The first-order valence-electron chi connectivity index (χ1n) is 7.07. The van der Waals surface area contributed by atoms with Crippen molar-refractivity contribution >= 4 is 17.2 Å². The number of thiazole rings is 1. The summed E-state index contributed by atoms with van der Waals surface area (Å²) in [5.74, 6) is 0.703. The number of carbonyl (C=O) groups excluding carboxylic acids is 1. The van der Waals surface area contributed by atoms with Crippen LogP contribution < -0.4 is 5.73 Å². The van der Waals surface area contributed by atoms with Gasteiger partial charge >= 0.3 is 0 Å². The largest absolute Gasteiger partial charge is 0.348 e. The monoisotopic (exact) mass is 296 g/mol. The molecule has 1 aromatic rings. The number of amides is 1. The van der Waals surface area contributed by atoms with Crippen LogP contribution in [0.3, 0.4) is 0 Å². The van der Waals surface area contributed by atoms with Crippen molar-refractivity contribution in [1.29, 1.82) is 0 Å². The van der Waals surface area contributed by atoms with Gasteiger partial charge < -0.3 is 10.6 Å². The average Bonchev–Trinajstić information content (AvgIpc) is 2.81. The quantitative estimate of drug-likeness (QED) is 0.898. The fraction of sp³-hybridized carbons (Fsp3) is 0.714. The standard InChI is InChI=1S/C14H24N4OS/c1-10-4-5-18(8-12(10)15)7-11-9-20-13(16-11)6-14(19)17(2)3/h9-10,12H,4-8,15H2,1-3H3. The van der Waals surface area contributed by atoms with Crippen LogP contribution in [-0.2, 0) is 17.8 Å². The van der Waals surface area contributed by atoms with Crippen molar-refractivity contribution in [2.75, 3.05) is 27.2 Å². The highest BCUT2D eigenvalue weighted by atomic mass is 32.1. The van der Waals surface area contributed by atoms with Crippen molar-refractivity contribution in [2.45, 2.75) is 32.4 Å². The number of nitrogens with two attached hydrogens (primary N) is 1. The second-order valence-corrected chi connectivity index (χ2v) is 6.81. The third-order valence-electron chi connectivity index (χ3n) is 3.89. The van der Waals surface area contributed by atoms with E-state index in [2.05, 4.69) is 22.2 Å². The number of hydrogen-bond acceptors (Lipinski definition) is 5. The van der Waals surface area contributed by atoms with Crippen molar-refractivity contribution in [1.82, 2.24) is 14.8 Å². The van der Waals surface area contributed by atoms with Crippen LogP contribution in [0.4, 0.5) is 0 Å². The molecule has 1 aliphatic heterocycles. The van der Waals surface area contributed by atoms with E-state index in [-0.39, 0.29) is 11.9 Å². The van der Waals surface area contributed by atoms with Crippen molar-refractivity contribution in [3.8, 4) is 0 Å². The van der Waals surface area contributed by atoms with E-state index < -0.39 is 0 Å². The Morgan fingerprint density at radius 2 is 2.35 bits per heavy atom. The summed E-state index contributed by atoms with van der Waals surface area (Å²) in [6, 6.07) is 0.261. The molecule has 2 atom stereocenters. The molecule has 20 heavy (non-hydrogen) atoms. The summed E-state index contributed by atoms with van der Waals surface area (Å²) in [5.41, 5.74) is 7.17. The number of aromatic nitrogens is 1. The highest BCUT2D eigenvalue weighted by Crippen LogP contribution is 2.19. The summed E-state index contributed by atoms with van der Waals surface area (Å²) in [6.45, 7) is 5.08. The molecule has 5 nitrogen and oxygen atoms in total. The van der Waals surface area contributed by atoms with Gasteiger partial charge in [0.25, 0.3) is 0 Å². The summed E-state index contributed by atoms with van der Waals surface area (Å²) in [5, 5.41) is 2.95. The maximum Gasteiger partial charge on any atom is 0.228 e. The van der Waals surface area contributed by atoms with E-state index in [9.17, 15) is 4.79 Å². The number of piperidine rings is 1. The lowest BCUT2D eigenvalue weighted by Gasteiger charge is -2.34. The predicted octanol–water partition coefficient (Wildman–Crippen LogP) is 0.943. The van der Waals surface area contributed by atoms with Crippen LogP contribution in [0.1, 0.15) is 24.0 Å². The van der Waals surface area contributed by atoms with Crippen LogP contribution in [0.15, 0.2) is 5.38 Å². The van der Waals surface area contributed by atoms with E-state index in [1.54, 1.807) is 30.3 Å². The lowest BCUT2D eigenvalue weighted by molar-refractivity contribution is -0.127. The van der Waals surface area contributed by atoms with Gasteiger partial charge in [-0.2, -0.15) is 0 Å². The zero-order valence-electron chi connectivity index (χ0n) is 12.5. The first-order valence-corrected chi connectivity index (χ1v) is 7.95. The Morgan fingerprint density at radius 3 is 3.00 bits per heavy atom. The van der Waals surface area contributed by atoms with Gasteiger partial charge in [-0.3, -0.25) is 9.69 Å². The maximum absolute atomic E-state index is 11.7. The molecule has 6 heteroatoms. The van der Waals surface area contributed by atoms with Crippen molar-refractivity contribution < 1.29 is 4.79 Å². The number of likely N-dealkylation sites (N-methyl/N-ethyl adjacent to an activating group) is 1. The minimum atomic E-state index is 0.0970. The van der Waals surface area contributed by atoms with Gasteiger partial charge in [0.15, 0.2) is 0 Å². The second-order valence-electron chi connectivity index (χ2n) is 5.86. The molecule has 1 saturated heterocycles. The van der Waals surface area contributed by atoms with E-state index in [0.717, 1.165) is 36.8 Å². The second kappa shape index (κ2) is 6.65. The fourth-order valence-corrected chi connectivity index (χ4v) is 3.11. The first-order chi connectivity index (χ1) is 9.45. The van der Waals surface area contributed by atoms with Gasteiger partial charge in [0.05, 0.1) is 12.1 Å². The Bertz CT molecular complexity index is 460. The molecule has 112 valence electrons. The van der Waals surface area contributed by atoms with Gasteiger partial charge in [-0.05, 0) is 18.9 Å². The average molecular weight is 296 g/mol. The molecule has 1 fully saturated rings. The van der Waals surface area contributed by atoms with Gasteiger partial charge in [0.2, 0.25) is 5.91 Å². The number of likely N-dealkylation sites (tertiary alicyclic amines) is 1. The molecule has 2 N–H and O–H groups in total. The topological polar surface area (TPSA) is 62.5 Å². The molecule has 0 aromatic carbocycles. The Labute approximate surface area is 124 Å². The van der Waals surface area contributed by atoms with Crippen LogP contribution in [0.2, 0.25) is 0 Å². The van der Waals surface area contributed by atoms with E-state index in [1.165, 1.54) is 0 Å². The summed E-state index contributed by atoms with van der Waals surface area (Å²) in [6.07, 6.45) is 1.55. The van der Waals surface area contributed by atoms with Crippen molar-refractivity contribution in [3.05, 3.63) is 16.1 Å². The zero-order valence-corrected chi connectivity index (χ0v) is 13.3. The lowest BCUT2D eigenvalue weighted by atomic mass is 9.94. The molecule has 0 radical (unpaired) electrons. The van der Waals surface area contributed by atoms with Gasteiger partial charge in [0, 0.05) is 38.6 Å². The maximum atomic E-state index is 11.7. The Kier molecular flexibility index (Phi) is 5.12. The minimum Gasteiger partial charge on any atom is -0.348 e. The fourth-order valence-electron chi connectivity index (χ4n) is 2.33. The van der Waals surface area contributed by atoms with E-state index in [4.69, 9.17) is 5.73 Å². The SMILES string of the molecule is CC1CCN(Cc2csc(CC(=O)N(C)C)n2)CC1N. The van der Waals surface area contributed by atoms with E-state index >= 15 is 0 Å². The molecule has 0 saturated carbocycles. The van der Waals surface area contributed by atoms with Crippen LogP contribution >= 0.6 is 11.3 Å². The minimum absolute atomic E-state index is 0.0970. The zero-order chi connectivity index (χ0) is 14.7. The molecular formula is C14H24N4OS. The number of carbonyl (C=O) groups is 1. The highest BCUT2D eigenvalue weighted by molar-refractivity contribution is 7.09. The van der Waals surface area contributed by atoms with Gasteiger partial charge in [-0.25, -0.2) is 4.98 Å². The van der Waals surface area contributed by atoms with Gasteiger partial charge in [-0.15, -0.1) is 11.3 Å². The summed E-state index contributed by atoms with van der Waals surface area (Å²) in [7, 11) is 3.54. The molecule has 2 unspecified atom stereocenters. The van der Waals surface area contributed by atoms with Gasteiger partial charge in [0.1, 0.15) is 5.01 Å². The van der Waals surface area contributed by atoms with E-state index in [0.29, 0.717) is 12.3 Å². The molecular weight excluding hydrogens is 272 g/mol. The molecule has 0 spiro atoms. The summed E-state index contributed by atoms with van der Waals surface area (Å²) < 4.78 is 0. The number of hydrogen-bond donors (Lipinski definition) is 1. The molecule has 1 amide bonds. The smallest absolute Gasteiger partial charge is 0.228 e. The Morgan fingerprint density at radius 1 is 1.60 bits per heavy atom. The Balaban J connectivity index is 1.88. The van der Waals surface area contributed by atoms with Crippen molar-refractivity contribution in [2.24, 2.45) is 11.7 Å². The highest BCUT2D eigenvalue weighted by Gasteiger charge is 2.23. The third kappa shape index (κ3) is 4.01. The molecule has 1 aliphatic rings. The molecule has 2 rings (SSSR count). The molecule has 0 aliphatic carbocycles. The van der Waals surface area contributed by atoms with Crippen molar-refractivity contribution in [3.63, 3.8) is 0 Å². The summed E-state index contributed by atoms with van der Waals surface area (Å²) >= 11 is 1.57.